The van der Waals surface area contributed by atoms with Gasteiger partial charge in [0, 0.05) is 50.5 Å². The van der Waals surface area contributed by atoms with Crippen molar-refractivity contribution in [3.8, 4) is 0 Å². The summed E-state index contributed by atoms with van der Waals surface area (Å²) >= 11 is 0. The average molecular weight is 278 g/mol. The Morgan fingerprint density at radius 2 is 2.05 bits per heavy atom. The fourth-order valence-corrected chi connectivity index (χ4v) is 2.65. The third-order valence-electron chi connectivity index (χ3n) is 4.23. The lowest BCUT2D eigenvalue weighted by Crippen LogP contribution is -2.46. The van der Waals surface area contributed by atoms with Crippen LogP contribution in [0.15, 0.2) is 12.3 Å². The second kappa shape index (κ2) is 6.06. The molecule has 2 aliphatic rings. The van der Waals surface area contributed by atoms with E-state index < -0.39 is 0 Å². The number of nitrogens with zero attached hydrogens (tertiary/aromatic N) is 3. The summed E-state index contributed by atoms with van der Waals surface area (Å²) in [6.45, 7) is 7.54. The molecule has 0 atom stereocenters. The first-order valence-corrected chi connectivity index (χ1v) is 7.62. The van der Waals surface area contributed by atoms with E-state index in [0.717, 1.165) is 38.3 Å². The molecule has 1 N–H and O–H groups in total. The lowest BCUT2D eigenvalue weighted by Gasteiger charge is -2.35. The van der Waals surface area contributed by atoms with Crippen LogP contribution in [0.3, 0.4) is 0 Å². The highest BCUT2D eigenvalue weighted by atomic mass is 19.1. The van der Waals surface area contributed by atoms with Crippen LogP contribution < -0.4 is 10.2 Å². The molecule has 1 saturated carbocycles. The second-order valence-electron chi connectivity index (χ2n) is 5.68. The van der Waals surface area contributed by atoms with Gasteiger partial charge in [-0.15, -0.1) is 0 Å². The fourth-order valence-electron chi connectivity index (χ4n) is 2.65. The standard InChI is InChI=1S/C15H23FN4/c1-2-19-7-9-20(10-8-19)15-14(16)12(5-6-17-15)11-18-13-3-4-13/h5-6,13,18H,2-4,7-11H2,1H3. The van der Waals surface area contributed by atoms with Gasteiger partial charge >= 0.3 is 0 Å². The van der Waals surface area contributed by atoms with Crippen LogP contribution in [0.4, 0.5) is 10.2 Å². The Bertz CT molecular complexity index is 453. The molecule has 1 aromatic heterocycles. The Morgan fingerprint density at radius 3 is 2.70 bits per heavy atom. The molecule has 1 aromatic rings. The lowest BCUT2D eigenvalue weighted by atomic mass is 10.2. The number of hydrogen-bond acceptors (Lipinski definition) is 4. The molecule has 1 saturated heterocycles. The van der Waals surface area contributed by atoms with Crippen LogP contribution in [0.5, 0.6) is 0 Å². The molecule has 0 amide bonds. The zero-order valence-electron chi connectivity index (χ0n) is 12.1. The first-order valence-electron chi connectivity index (χ1n) is 7.62. The van der Waals surface area contributed by atoms with Crippen LogP contribution in [0.1, 0.15) is 25.3 Å². The van der Waals surface area contributed by atoms with E-state index in [1.54, 1.807) is 12.3 Å². The van der Waals surface area contributed by atoms with Crippen molar-refractivity contribution in [3.05, 3.63) is 23.6 Å². The maximum Gasteiger partial charge on any atom is 0.170 e. The Kier molecular flexibility index (Phi) is 4.17. The third-order valence-corrected chi connectivity index (χ3v) is 4.23. The number of rotatable bonds is 5. The fraction of sp³-hybridized carbons (Fsp3) is 0.667. The smallest absolute Gasteiger partial charge is 0.170 e. The number of nitrogens with one attached hydrogen (secondary N) is 1. The Hall–Kier alpha value is -1.20. The van der Waals surface area contributed by atoms with Crippen molar-refractivity contribution in [1.82, 2.24) is 15.2 Å². The van der Waals surface area contributed by atoms with Crippen LogP contribution in [0, 0.1) is 5.82 Å². The summed E-state index contributed by atoms with van der Waals surface area (Å²) in [5, 5.41) is 3.37. The maximum absolute atomic E-state index is 14.5. The van der Waals surface area contributed by atoms with E-state index >= 15 is 0 Å². The highest BCUT2D eigenvalue weighted by Crippen LogP contribution is 2.23. The van der Waals surface area contributed by atoms with Crippen LogP contribution in [0.25, 0.3) is 0 Å². The molecule has 4 nitrogen and oxygen atoms in total. The highest BCUT2D eigenvalue weighted by molar-refractivity contribution is 5.43. The topological polar surface area (TPSA) is 31.4 Å². The van der Waals surface area contributed by atoms with E-state index in [1.807, 2.05) is 0 Å². The Labute approximate surface area is 120 Å². The zero-order valence-corrected chi connectivity index (χ0v) is 12.1. The van der Waals surface area contributed by atoms with Crippen molar-refractivity contribution in [2.75, 3.05) is 37.6 Å². The SMILES string of the molecule is CCN1CCN(c2nccc(CNC3CC3)c2F)CC1. The number of anilines is 1. The molecule has 20 heavy (non-hydrogen) atoms. The van der Waals surface area contributed by atoms with Crippen molar-refractivity contribution >= 4 is 5.82 Å². The first-order chi connectivity index (χ1) is 9.78. The van der Waals surface area contributed by atoms with Gasteiger partial charge in [-0.25, -0.2) is 9.37 Å². The van der Waals surface area contributed by atoms with E-state index in [9.17, 15) is 4.39 Å². The van der Waals surface area contributed by atoms with Crippen LogP contribution in [-0.4, -0.2) is 48.6 Å². The molecule has 5 heteroatoms. The van der Waals surface area contributed by atoms with Gasteiger partial charge in [0.05, 0.1) is 0 Å². The molecule has 1 aliphatic carbocycles. The van der Waals surface area contributed by atoms with Gasteiger partial charge in [0.2, 0.25) is 0 Å². The molecule has 110 valence electrons. The predicted octanol–water partition coefficient (Wildman–Crippen LogP) is 1.61. The largest absolute Gasteiger partial charge is 0.352 e. The van der Waals surface area contributed by atoms with E-state index in [0.29, 0.717) is 18.4 Å². The number of piperazine rings is 1. The van der Waals surface area contributed by atoms with E-state index in [1.165, 1.54) is 12.8 Å². The van der Waals surface area contributed by atoms with Gasteiger partial charge in [0.25, 0.3) is 0 Å². The molecule has 0 bridgehead atoms. The number of aromatic nitrogens is 1. The molecule has 0 aromatic carbocycles. The normalized spacial score (nSPS) is 20.4. The highest BCUT2D eigenvalue weighted by Gasteiger charge is 2.23. The van der Waals surface area contributed by atoms with E-state index in [-0.39, 0.29) is 5.82 Å². The minimum atomic E-state index is -0.148. The van der Waals surface area contributed by atoms with Gasteiger partial charge in [0.15, 0.2) is 11.6 Å². The number of pyridine rings is 1. The Morgan fingerprint density at radius 1 is 1.30 bits per heavy atom. The van der Waals surface area contributed by atoms with Crippen LogP contribution in [0.2, 0.25) is 0 Å². The van der Waals surface area contributed by atoms with Crippen molar-refractivity contribution < 1.29 is 4.39 Å². The molecular weight excluding hydrogens is 255 g/mol. The summed E-state index contributed by atoms with van der Waals surface area (Å²) in [5.41, 5.74) is 0.736. The van der Waals surface area contributed by atoms with E-state index in [4.69, 9.17) is 0 Å². The minimum Gasteiger partial charge on any atom is -0.352 e. The number of likely N-dealkylation sites (N-methyl/N-ethyl adjacent to an activating group) is 1. The lowest BCUT2D eigenvalue weighted by molar-refractivity contribution is 0.269. The molecule has 0 radical (unpaired) electrons. The number of halogens is 1. The van der Waals surface area contributed by atoms with Gasteiger partial charge in [0.1, 0.15) is 0 Å². The summed E-state index contributed by atoms with van der Waals surface area (Å²) in [6, 6.07) is 2.38. The summed E-state index contributed by atoms with van der Waals surface area (Å²) < 4.78 is 14.5. The second-order valence-corrected chi connectivity index (χ2v) is 5.68. The van der Waals surface area contributed by atoms with Crippen LogP contribution >= 0.6 is 0 Å². The molecule has 2 heterocycles. The van der Waals surface area contributed by atoms with Crippen molar-refractivity contribution in [2.45, 2.75) is 32.4 Å². The van der Waals surface area contributed by atoms with Crippen molar-refractivity contribution in [1.29, 1.82) is 0 Å². The van der Waals surface area contributed by atoms with Crippen molar-refractivity contribution in [2.24, 2.45) is 0 Å². The maximum atomic E-state index is 14.5. The molecule has 0 unspecified atom stereocenters. The first kappa shape index (κ1) is 13.8. The predicted molar refractivity (Wildman–Crippen MR) is 78.4 cm³/mol. The summed E-state index contributed by atoms with van der Waals surface area (Å²) in [4.78, 5) is 8.71. The van der Waals surface area contributed by atoms with Gasteiger partial charge in [-0.1, -0.05) is 6.92 Å². The Balaban J connectivity index is 1.67. The van der Waals surface area contributed by atoms with Crippen LogP contribution in [-0.2, 0) is 6.54 Å². The molecule has 2 fully saturated rings. The quantitative estimate of drug-likeness (QED) is 0.887. The van der Waals surface area contributed by atoms with E-state index in [2.05, 4.69) is 27.0 Å². The molecule has 1 aliphatic heterocycles. The zero-order chi connectivity index (χ0) is 13.9. The summed E-state index contributed by atoms with van der Waals surface area (Å²) in [7, 11) is 0. The summed E-state index contributed by atoms with van der Waals surface area (Å²) in [6.07, 6.45) is 4.17. The minimum absolute atomic E-state index is 0.148. The van der Waals surface area contributed by atoms with Gasteiger partial charge in [-0.2, -0.15) is 0 Å². The van der Waals surface area contributed by atoms with Crippen molar-refractivity contribution in [3.63, 3.8) is 0 Å². The monoisotopic (exact) mass is 278 g/mol. The number of hydrogen-bond donors (Lipinski definition) is 1. The average Bonchev–Trinajstić information content (AvgIpc) is 3.31. The third kappa shape index (κ3) is 3.10. The summed E-state index contributed by atoms with van der Waals surface area (Å²) in [5.74, 6) is 0.376. The molecule has 3 rings (SSSR count). The van der Waals surface area contributed by atoms with Gasteiger partial charge < -0.3 is 15.1 Å². The molecular formula is C15H23FN4. The van der Waals surface area contributed by atoms with Gasteiger partial charge in [-0.05, 0) is 25.5 Å². The van der Waals surface area contributed by atoms with Gasteiger partial charge in [-0.3, -0.25) is 0 Å². The molecule has 0 spiro atoms.